The van der Waals surface area contributed by atoms with Crippen LogP contribution in [0.3, 0.4) is 0 Å². The van der Waals surface area contributed by atoms with Crippen LogP contribution < -0.4 is 50.7 Å². The Morgan fingerprint density at radius 1 is 0.486 bits per heavy atom. The van der Waals surface area contributed by atoms with Gasteiger partial charge in [0, 0.05) is 99.8 Å². The lowest BCUT2D eigenvalue weighted by molar-refractivity contribution is -0.169. The quantitative estimate of drug-likeness (QED) is 0.0393. The lowest BCUT2D eigenvalue weighted by atomic mass is 10.0. The Morgan fingerprint density at radius 3 is 1.34 bits per heavy atom. The van der Waals surface area contributed by atoms with Gasteiger partial charge in [-0.15, -0.1) is 0 Å². The van der Waals surface area contributed by atoms with E-state index in [1.807, 2.05) is 15.1 Å². The molecule has 6 atom stereocenters. The molecule has 3 fully saturated rings. The van der Waals surface area contributed by atoms with Crippen LogP contribution in [-0.4, -0.2) is 183 Å². The van der Waals surface area contributed by atoms with Gasteiger partial charge in [-0.25, -0.2) is 49.3 Å². The summed E-state index contributed by atoms with van der Waals surface area (Å²) < 4.78 is 116. The zero-order chi connectivity index (χ0) is 74.2. The smallest absolute Gasteiger partial charge is 0.366 e. The van der Waals surface area contributed by atoms with Crippen molar-refractivity contribution in [2.24, 2.45) is 11.8 Å². The van der Waals surface area contributed by atoms with Crippen molar-refractivity contribution in [3.8, 4) is 33.8 Å². The van der Waals surface area contributed by atoms with Crippen LogP contribution in [0.5, 0.6) is 0 Å². The van der Waals surface area contributed by atoms with Crippen LogP contribution in [0.25, 0.3) is 33.8 Å². The molecule has 105 heavy (non-hydrogen) atoms. The molecule has 0 saturated carbocycles. The fourth-order valence-electron chi connectivity index (χ4n) is 12.9. The Morgan fingerprint density at radius 2 is 0.924 bits per heavy atom. The highest BCUT2D eigenvalue weighted by molar-refractivity contribution is 6.08. The summed E-state index contributed by atoms with van der Waals surface area (Å²) in [4.78, 5) is 118. The largest absolute Gasteiger partial charge is 0.408 e. The van der Waals surface area contributed by atoms with Gasteiger partial charge in [-0.1, -0.05) is 13.8 Å². The molecule has 7 N–H and O–H groups in total. The minimum atomic E-state index is -4.58. The standard InChI is InChI=1S/C23H22F3N7O2.2C22H21F3N8O2/c1-13(23(24,25)26)10-19(34)17-2-3-18-21(29-17)33(15-6-9-32(18)12-15)22(35)30-20-11-14(4-7-27-20)16-5-8-28-31-16;1-12(22(23,24)25)29-20(34)16-2-3-17-19(30-16)33(15-5-7-32(17)11-15)21(35)31-18-8-13(4-6-26-18)14-9-27-28-10-14;1-12(22(23,24)25)8-17(34)15-2-3-16-20(29-15)33(14-5-7-32(16)10-14)21(35)30-18-9-13(4-6-26-18)19-27-11-28-31-19/h2-5,7-8,11,13,15H,6,9-10,12H2,1H3,(H,28,31)(H,27,30,35);2-4,6,8-10,12,15H,5,7,11H2,1H3,(H,27,28)(H,29,34)(H,26,31,35);2-4,6,9,11-12,14H,5,7-8,10H2,1H3,(H,26,30,35)(H,27,28,31)/t13-,15-;12-,15+;12-,14-/m010/s1. The fourth-order valence-corrected chi connectivity index (χ4v) is 12.9. The number of aromatic nitrogens is 13. The molecule has 0 unspecified atom stereocenters. The highest BCUT2D eigenvalue weighted by Crippen LogP contribution is 2.44. The number of anilines is 9. The second kappa shape index (κ2) is 28.9. The minimum Gasteiger partial charge on any atom is -0.366 e. The molecule has 0 spiro atoms. The number of carbonyl (C=O) groups excluding carboxylic acids is 6. The van der Waals surface area contributed by atoms with Gasteiger partial charge < -0.3 is 20.0 Å². The number of halogens is 9. The summed E-state index contributed by atoms with van der Waals surface area (Å²) in [7, 11) is 0. The molecule has 6 bridgehead atoms. The van der Waals surface area contributed by atoms with Crippen LogP contribution in [-0.2, 0) is 0 Å². The third kappa shape index (κ3) is 15.5. The fraction of sp³-hybridized carbons (Fsp3) is 0.343. The predicted molar refractivity (Wildman–Crippen MR) is 364 cm³/mol. The Kier molecular flexibility index (Phi) is 19.6. The van der Waals surface area contributed by atoms with E-state index in [-0.39, 0.29) is 58.5 Å². The molecule has 6 aliphatic rings. The molecule has 38 heteroatoms. The lowest BCUT2D eigenvalue weighted by Crippen LogP contribution is -2.49. The lowest BCUT2D eigenvalue weighted by Gasteiger charge is -2.35. The summed E-state index contributed by atoms with van der Waals surface area (Å²) >= 11 is 0. The SMILES string of the molecule is C[C@@H](CC(=O)c1ccc2c(n1)N(C(=O)Nc1cc(-c3ccn[nH]3)ccn1)[C@H]1CCN2C1)C(F)(F)F.C[C@@H](CC(=O)c1ccc2c(n1)N(C(=O)Nc1cc(-c3ncn[nH]3)ccn1)[C@H]1CCN2C1)C(F)(F)F.C[C@@H](NC(=O)c1ccc2c(n1)N(C(=O)Nc1cc(-c3cn[nH]c3)ccn1)[C@H]1CCN2C1)C(F)(F)F. The van der Waals surface area contributed by atoms with E-state index in [4.69, 9.17) is 0 Å². The zero-order valence-electron chi connectivity index (χ0n) is 55.8. The average molecular weight is 1460 g/mol. The molecule has 6 aliphatic heterocycles. The second-order valence-corrected chi connectivity index (χ2v) is 25.6. The van der Waals surface area contributed by atoms with E-state index in [9.17, 15) is 68.3 Å². The van der Waals surface area contributed by atoms with Crippen molar-refractivity contribution >= 4 is 87.5 Å². The summed E-state index contributed by atoms with van der Waals surface area (Å²) in [5, 5.41) is 30.2. The highest BCUT2D eigenvalue weighted by Gasteiger charge is 2.46. The highest BCUT2D eigenvalue weighted by atomic mass is 19.4. The number of ketones is 2. The van der Waals surface area contributed by atoms with Gasteiger partial charge in [-0.05, 0) is 111 Å². The number of nitrogens with zero attached hydrogens (tertiary/aromatic N) is 16. The van der Waals surface area contributed by atoms with E-state index in [1.165, 1.54) is 45.4 Å². The van der Waals surface area contributed by atoms with Crippen LogP contribution in [0.1, 0.15) is 84.3 Å². The van der Waals surface area contributed by atoms with Crippen molar-refractivity contribution in [2.45, 2.75) is 95.6 Å². The Labute approximate surface area is 589 Å². The van der Waals surface area contributed by atoms with Crippen LogP contribution in [0.4, 0.5) is 106 Å². The molecule has 15 heterocycles. The van der Waals surface area contributed by atoms with Crippen molar-refractivity contribution in [2.75, 3.05) is 84.6 Å². The van der Waals surface area contributed by atoms with Crippen molar-refractivity contribution in [1.82, 2.24) is 70.8 Å². The van der Waals surface area contributed by atoms with Crippen molar-refractivity contribution in [3.63, 3.8) is 0 Å². The number of nitrogens with one attached hydrogen (secondary N) is 7. The minimum absolute atomic E-state index is 0.0977. The molecule has 0 aliphatic carbocycles. The molecule has 9 aromatic heterocycles. The second-order valence-electron chi connectivity index (χ2n) is 25.6. The molecule has 15 rings (SSSR count). The van der Waals surface area contributed by atoms with Crippen molar-refractivity contribution in [3.05, 3.63) is 139 Å². The van der Waals surface area contributed by atoms with E-state index in [0.717, 1.165) is 43.2 Å². The van der Waals surface area contributed by atoms with E-state index in [1.54, 1.807) is 91.6 Å². The number of aromatic amines is 3. The number of fused-ring (bicyclic) bond motifs is 12. The summed E-state index contributed by atoms with van der Waals surface area (Å²) in [6.07, 6.45) is -1.93. The first kappa shape index (κ1) is 71.3. The summed E-state index contributed by atoms with van der Waals surface area (Å²) in [5.74, 6) is -3.89. The zero-order valence-corrected chi connectivity index (χ0v) is 55.8. The third-order valence-electron chi connectivity index (χ3n) is 18.6. The van der Waals surface area contributed by atoms with Gasteiger partial charge in [0.1, 0.15) is 46.9 Å². The maximum absolute atomic E-state index is 13.4. The number of amides is 7. The number of urea groups is 3. The van der Waals surface area contributed by atoms with Gasteiger partial charge in [0.2, 0.25) is 0 Å². The average Bonchev–Trinajstić information content (AvgIpc) is 1.67. The topological polar surface area (TPSA) is 346 Å². The first-order chi connectivity index (χ1) is 50.1. The summed E-state index contributed by atoms with van der Waals surface area (Å²) in [5.41, 5.74) is 5.36. The predicted octanol–water partition coefficient (Wildman–Crippen LogP) is 11.1. The molecule has 0 radical (unpaired) electrons. The van der Waals surface area contributed by atoms with E-state index in [0.29, 0.717) is 98.6 Å². The van der Waals surface area contributed by atoms with Crippen molar-refractivity contribution in [1.29, 1.82) is 0 Å². The maximum atomic E-state index is 13.4. The molecular formula is C67H64F9N23O6. The molecule has 0 aromatic carbocycles. The first-order valence-corrected chi connectivity index (χ1v) is 33.0. The molecule has 29 nitrogen and oxygen atoms in total. The molecule has 3 saturated heterocycles. The number of Topliss-reactive ketones (excluding diaryl/α,β-unsaturated/α-hetero) is 2. The van der Waals surface area contributed by atoms with Crippen LogP contribution in [0, 0.1) is 11.8 Å². The van der Waals surface area contributed by atoms with Crippen LogP contribution >= 0.6 is 0 Å². The molecule has 546 valence electrons. The number of alkyl halides is 9. The molecule has 9 aromatic rings. The maximum Gasteiger partial charge on any atom is 0.408 e. The van der Waals surface area contributed by atoms with Crippen LogP contribution in [0.15, 0.2) is 122 Å². The van der Waals surface area contributed by atoms with Crippen LogP contribution in [0.2, 0.25) is 0 Å². The van der Waals surface area contributed by atoms with Gasteiger partial charge in [-0.2, -0.15) is 54.8 Å². The van der Waals surface area contributed by atoms with E-state index in [2.05, 4.69) is 86.3 Å². The molecule has 7 amide bonds. The third-order valence-corrected chi connectivity index (χ3v) is 18.6. The number of H-pyrrole nitrogens is 3. The summed E-state index contributed by atoms with van der Waals surface area (Å²) in [6.45, 7) is 6.64. The van der Waals surface area contributed by atoms with Gasteiger partial charge in [0.25, 0.3) is 5.91 Å². The normalized spacial score (nSPS) is 17.7. The Balaban J connectivity index is 0.000000140. The van der Waals surface area contributed by atoms with Crippen molar-refractivity contribution < 1.29 is 68.3 Å². The Hall–Kier alpha value is -12.2. The number of hydrogen-bond donors (Lipinski definition) is 7. The number of hydrogen-bond acceptors (Lipinski definition) is 19. The van der Waals surface area contributed by atoms with Gasteiger partial charge in [0.05, 0.1) is 58.9 Å². The van der Waals surface area contributed by atoms with Gasteiger partial charge in [-0.3, -0.25) is 60.3 Å². The van der Waals surface area contributed by atoms with E-state index < -0.39 is 84.8 Å². The number of pyridine rings is 6. The number of rotatable bonds is 14. The van der Waals surface area contributed by atoms with Gasteiger partial charge >= 0.3 is 36.6 Å². The Bertz CT molecular complexity index is 4250. The monoisotopic (exact) mass is 1460 g/mol. The molecular weight excluding hydrogens is 1390 g/mol. The first-order valence-electron chi connectivity index (χ1n) is 33.0. The van der Waals surface area contributed by atoms with Gasteiger partial charge in [0.15, 0.2) is 34.8 Å². The number of carbonyl (C=O) groups is 6. The van der Waals surface area contributed by atoms with E-state index >= 15 is 0 Å². The summed E-state index contributed by atoms with van der Waals surface area (Å²) in [6, 6.07) is 17.1.